The predicted octanol–water partition coefficient (Wildman–Crippen LogP) is 6.09. The number of para-hydroxylation sites is 1. The van der Waals surface area contributed by atoms with Gasteiger partial charge in [0, 0.05) is 25.2 Å². The Balaban J connectivity index is 1.41. The van der Waals surface area contributed by atoms with E-state index in [-0.39, 0.29) is 35.2 Å². The number of nitrogens with zero attached hydrogens (tertiary/aromatic N) is 7. The van der Waals surface area contributed by atoms with Gasteiger partial charge in [-0.25, -0.2) is 23.8 Å². The van der Waals surface area contributed by atoms with E-state index in [9.17, 15) is 14.9 Å². The molecule has 0 unspecified atom stereocenters. The number of fused-ring (bicyclic) bond motifs is 1. The van der Waals surface area contributed by atoms with Crippen molar-refractivity contribution in [2.75, 3.05) is 19.3 Å². The van der Waals surface area contributed by atoms with Gasteiger partial charge in [0.25, 0.3) is 5.91 Å². The molecule has 0 radical (unpaired) electrons. The van der Waals surface area contributed by atoms with Crippen LogP contribution in [0.1, 0.15) is 47.5 Å². The first-order chi connectivity index (χ1) is 22.7. The standard InChI is InChI=1S/C35H39FN8O4/c1-34(2,3)48-33(46)42(6)35(4,5)18-22(19-37)32(45)43-16-10-11-23(43)20-44-31-28(30(38)39-21-40-31)29(41-44)26-15-14-25(17-27(26)36)47-24-12-8-7-9-13-24/h7-9,12-15,17-18,21,23H,10-11,16,20H2,1-6H3,(H2,38,39,40)/b22-18+/t23-/m0/s1. The maximum Gasteiger partial charge on any atom is 0.410 e. The van der Waals surface area contributed by atoms with Crippen molar-refractivity contribution in [1.29, 1.82) is 5.26 Å². The van der Waals surface area contributed by atoms with Crippen LogP contribution < -0.4 is 10.5 Å². The third kappa shape index (κ3) is 7.22. The molecule has 2 N–H and O–H groups in total. The number of nitrogens with two attached hydrogens (primary N) is 1. The number of hydrogen-bond donors (Lipinski definition) is 1. The summed E-state index contributed by atoms with van der Waals surface area (Å²) in [5.74, 6) is -0.0103. The van der Waals surface area contributed by atoms with Gasteiger partial charge in [-0.3, -0.25) is 4.79 Å². The van der Waals surface area contributed by atoms with E-state index in [1.165, 1.54) is 23.4 Å². The van der Waals surface area contributed by atoms with E-state index in [2.05, 4.69) is 9.97 Å². The lowest BCUT2D eigenvalue weighted by Gasteiger charge is -2.35. The highest BCUT2D eigenvalue weighted by Crippen LogP contribution is 2.35. The fourth-order valence-corrected chi connectivity index (χ4v) is 5.53. The Morgan fingerprint density at radius 2 is 1.85 bits per heavy atom. The maximum atomic E-state index is 15.6. The number of hydrogen-bond acceptors (Lipinski definition) is 9. The summed E-state index contributed by atoms with van der Waals surface area (Å²) in [5, 5.41) is 15.1. The number of anilines is 1. The molecule has 13 heteroatoms. The van der Waals surface area contributed by atoms with E-state index in [0.29, 0.717) is 41.9 Å². The zero-order valence-electron chi connectivity index (χ0n) is 27.9. The second kappa shape index (κ2) is 13.3. The molecule has 5 rings (SSSR count). The Hall–Kier alpha value is -5.51. The van der Waals surface area contributed by atoms with Crippen LogP contribution >= 0.6 is 0 Å². The summed E-state index contributed by atoms with van der Waals surface area (Å²) in [4.78, 5) is 38.0. The van der Waals surface area contributed by atoms with Crippen molar-refractivity contribution in [3.05, 3.63) is 72.3 Å². The highest BCUT2D eigenvalue weighted by atomic mass is 19.1. The van der Waals surface area contributed by atoms with E-state index < -0.39 is 29.0 Å². The number of likely N-dealkylation sites (tertiary alicyclic amines) is 1. The average molecular weight is 655 g/mol. The topological polar surface area (TPSA) is 152 Å². The molecular formula is C35H39FN8O4. The number of carbonyl (C=O) groups excluding carboxylic acids is 2. The molecule has 2 aromatic carbocycles. The zero-order valence-corrected chi connectivity index (χ0v) is 27.9. The smallest absolute Gasteiger partial charge is 0.410 e. The van der Waals surface area contributed by atoms with Gasteiger partial charge in [-0.15, -0.1) is 0 Å². The molecule has 250 valence electrons. The molecule has 1 aliphatic rings. The van der Waals surface area contributed by atoms with Crippen LogP contribution in [0.5, 0.6) is 11.5 Å². The number of benzene rings is 2. The number of aromatic nitrogens is 4. The van der Waals surface area contributed by atoms with Crippen molar-refractivity contribution in [2.45, 2.75) is 71.2 Å². The zero-order chi connectivity index (χ0) is 34.8. The maximum absolute atomic E-state index is 15.6. The van der Waals surface area contributed by atoms with Crippen LogP contribution in [0.25, 0.3) is 22.3 Å². The van der Waals surface area contributed by atoms with Gasteiger partial charge in [0.1, 0.15) is 52.4 Å². The van der Waals surface area contributed by atoms with Crippen LogP contribution in [0, 0.1) is 17.1 Å². The summed E-state index contributed by atoms with van der Waals surface area (Å²) >= 11 is 0. The fraction of sp³-hybridized carbons (Fsp3) is 0.371. The molecule has 48 heavy (non-hydrogen) atoms. The van der Waals surface area contributed by atoms with E-state index in [1.54, 1.807) is 75.5 Å². The van der Waals surface area contributed by atoms with Crippen molar-refractivity contribution in [3.63, 3.8) is 0 Å². The molecule has 12 nitrogen and oxygen atoms in total. The highest BCUT2D eigenvalue weighted by molar-refractivity contribution is 5.99. The number of carbonyl (C=O) groups is 2. The normalized spacial score (nSPS) is 15.3. The summed E-state index contributed by atoms with van der Waals surface area (Å²) in [7, 11) is 1.56. The van der Waals surface area contributed by atoms with Crippen molar-refractivity contribution < 1.29 is 23.5 Å². The van der Waals surface area contributed by atoms with Gasteiger partial charge in [-0.1, -0.05) is 18.2 Å². The second-order valence-electron chi connectivity index (χ2n) is 13.2. The number of nitrogen functional groups attached to an aromatic ring is 1. The molecule has 2 amide bonds. The Kier molecular flexibility index (Phi) is 9.38. The second-order valence-corrected chi connectivity index (χ2v) is 13.2. The molecule has 4 aromatic rings. The Morgan fingerprint density at radius 1 is 1.12 bits per heavy atom. The third-order valence-corrected chi connectivity index (χ3v) is 8.14. The monoisotopic (exact) mass is 654 g/mol. The SMILES string of the molecule is CN(C(=O)OC(C)(C)C)C(C)(C)/C=C(\C#N)C(=O)N1CCC[C@H]1Cn1nc(-c2ccc(Oc3ccccc3)cc2F)c2c(N)ncnc21. The Labute approximate surface area is 278 Å². The first kappa shape index (κ1) is 33.8. The van der Waals surface area contributed by atoms with Crippen molar-refractivity contribution in [2.24, 2.45) is 0 Å². The summed E-state index contributed by atoms with van der Waals surface area (Å²) in [6, 6.07) is 15.2. The van der Waals surface area contributed by atoms with E-state index in [1.807, 2.05) is 24.3 Å². The van der Waals surface area contributed by atoms with Gasteiger partial charge in [0.05, 0.1) is 23.5 Å². The summed E-state index contributed by atoms with van der Waals surface area (Å²) in [6.07, 6.45) is 3.56. The van der Waals surface area contributed by atoms with Gasteiger partial charge >= 0.3 is 6.09 Å². The van der Waals surface area contributed by atoms with Gasteiger partial charge < -0.3 is 25.0 Å². The van der Waals surface area contributed by atoms with Crippen LogP contribution in [0.2, 0.25) is 0 Å². The molecule has 1 saturated heterocycles. The lowest BCUT2D eigenvalue weighted by atomic mass is 9.99. The lowest BCUT2D eigenvalue weighted by molar-refractivity contribution is -0.127. The molecule has 1 atom stereocenters. The minimum atomic E-state index is -1.01. The van der Waals surface area contributed by atoms with Crippen molar-refractivity contribution in [3.8, 4) is 28.8 Å². The van der Waals surface area contributed by atoms with E-state index in [4.69, 9.17) is 20.3 Å². The summed E-state index contributed by atoms with van der Waals surface area (Å²) in [6.45, 7) is 9.38. The van der Waals surface area contributed by atoms with Crippen LogP contribution in [-0.4, -0.2) is 72.3 Å². The van der Waals surface area contributed by atoms with Crippen molar-refractivity contribution >= 4 is 28.9 Å². The average Bonchev–Trinajstić information content (AvgIpc) is 3.64. The quantitative estimate of drug-likeness (QED) is 0.176. The molecule has 0 bridgehead atoms. The van der Waals surface area contributed by atoms with Crippen molar-refractivity contribution in [1.82, 2.24) is 29.5 Å². The number of nitriles is 1. The van der Waals surface area contributed by atoms with Gasteiger partial charge in [-0.05, 0) is 77.8 Å². The minimum Gasteiger partial charge on any atom is -0.457 e. The van der Waals surface area contributed by atoms with Gasteiger partial charge in [-0.2, -0.15) is 10.4 Å². The molecule has 0 saturated carbocycles. The molecule has 2 aromatic heterocycles. The number of amides is 2. The van der Waals surface area contributed by atoms with E-state index >= 15 is 4.39 Å². The molecule has 1 fully saturated rings. The highest BCUT2D eigenvalue weighted by Gasteiger charge is 2.35. The minimum absolute atomic E-state index is 0.0974. The van der Waals surface area contributed by atoms with Crippen LogP contribution in [0.4, 0.5) is 15.0 Å². The van der Waals surface area contributed by atoms with Crippen LogP contribution in [0.3, 0.4) is 0 Å². The summed E-state index contributed by atoms with van der Waals surface area (Å²) < 4.78 is 28.5. The molecule has 0 aliphatic carbocycles. The van der Waals surface area contributed by atoms with Gasteiger partial charge in [0.2, 0.25) is 0 Å². The third-order valence-electron chi connectivity index (χ3n) is 8.14. The fourth-order valence-electron chi connectivity index (χ4n) is 5.53. The number of halogens is 1. The van der Waals surface area contributed by atoms with E-state index in [0.717, 1.165) is 0 Å². The molecular weight excluding hydrogens is 615 g/mol. The van der Waals surface area contributed by atoms with Gasteiger partial charge in [0.15, 0.2) is 5.65 Å². The van der Waals surface area contributed by atoms with Crippen LogP contribution in [-0.2, 0) is 16.1 Å². The molecule has 3 heterocycles. The number of ether oxygens (including phenoxy) is 2. The first-order valence-electron chi connectivity index (χ1n) is 15.6. The Morgan fingerprint density at radius 3 is 2.52 bits per heavy atom. The number of rotatable bonds is 8. The molecule has 1 aliphatic heterocycles. The lowest BCUT2D eigenvalue weighted by Crippen LogP contribution is -2.47. The largest absolute Gasteiger partial charge is 0.457 e. The molecule has 0 spiro atoms. The predicted molar refractivity (Wildman–Crippen MR) is 178 cm³/mol. The Bertz CT molecular complexity index is 1910. The van der Waals surface area contributed by atoms with Crippen LogP contribution in [0.15, 0.2) is 66.5 Å². The first-order valence-corrected chi connectivity index (χ1v) is 15.6. The number of likely N-dealkylation sites (N-methyl/N-ethyl adjacent to an activating group) is 1. The summed E-state index contributed by atoms with van der Waals surface area (Å²) in [5.41, 5.74) is 5.29.